The first-order valence-corrected chi connectivity index (χ1v) is 19.8. The lowest BCUT2D eigenvalue weighted by atomic mass is 10.1. The highest BCUT2D eigenvalue weighted by molar-refractivity contribution is 5.74. The molecule has 0 aliphatic heterocycles. The molecule has 0 aromatic rings. The zero-order valence-electron chi connectivity index (χ0n) is 31.9. The molecule has 0 aromatic heterocycles. The highest BCUT2D eigenvalue weighted by Gasteiger charge is 2.15. The van der Waals surface area contributed by atoms with E-state index in [0.717, 1.165) is 61.1 Å². The van der Waals surface area contributed by atoms with Crippen molar-refractivity contribution in [1.29, 1.82) is 0 Å². The van der Waals surface area contributed by atoms with Crippen LogP contribution < -0.4 is 21.3 Å². The van der Waals surface area contributed by atoms with Gasteiger partial charge in [-0.15, -0.1) is 0 Å². The molecule has 0 saturated carbocycles. The predicted molar refractivity (Wildman–Crippen MR) is 199 cm³/mol. The Labute approximate surface area is 287 Å². The van der Waals surface area contributed by atoms with Crippen LogP contribution in [0.3, 0.4) is 0 Å². The van der Waals surface area contributed by atoms with Crippen molar-refractivity contribution in [2.45, 2.75) is 155 Å². The van der Waals surface area contributed by atoms with Gasteiger partial charge in [-0.25, -0.2) is 9.59 Å². The molecule has 0 rings (SSSR count). The normalized spacial score (nSPS) is 11.9. The van der Waals surface area contributed by atoms with Crippen LogP contribution in [0.2, 0.25) is 0 Å². The fraction of sp³-hybridized carbons (Fsp3) is 0.947. The van der Waals surface area contributed by atoms with Gasteiger partial charge in [-0.1, -0.05) is 117 Å². The van der Waals surface area contributed by atoms with Gasteiger partial charge in [-0.2, -0.15) is 0 Å². The van der Waals surface area contributed by atoms with Crippen LogP contribution in [0.5, 0.6) is 0 Å². The number of hydrogen-bond acceptors (Lipinski definition) is 2. The Bertz CT molecular complexity index is 643. The van der Waals surface area contributed by atoms with Gasteiger partial charge < -0.3 is 30.2 Å². The Kier molecular flexibility index (Phi) is 29.7. The maximum atomic E-state index is 12.0. The summed E-state index contributed by atoms with van der Waals surface area (Å²) in [7, 11) is 9.13. The fourth-order valence-electron chi connectivity index (χ4n) is 6.00. The smallest absolute Gasteiger partial charge is 0.314 e. The van der Waals surface area contributed by atoms with Gasteiger partial charge in [-0.3, -0.25) is 0 Å². The Hall–Kier alpha value is -1.54. The lowest BCUT2D eigenvalue weighted by Gasteiger charge is -2.30. The van der Waals surface area contributed by atoms with Crippen LogP contribution in [-0.2, 0) is 0 Å². The van der Waals surface area contributed by atoms with Crippen molar-refractivity contribution < 1.29 is 18.6 Å². The summed E-state index contributed by atoms with van der Waals surface area (Å²) in [6.07, 6.45) is 28.3. The number of rotatable bonds is 33. The molecule has 4 N–H and O–H groups in total. The summed E-state index contributed by atoms with van der Waals surface area (Å²) in [5.41, 5.74) is 0. The molecule has 0 aliphatic carbocycles. The molecule has 0 spiro atoms. The average Bonchev–Trinajstić information content (AvgIpc) is 3.00. The summed E-state index contributed by atoms with van der Waals surface area (Å²) >= 11 is 0. The molecule has 8 nitrogen and oxygen atoms in total. The zero-order chi connectivity index (χ0) is 34.2. The summed E-state index contributed by atoms with van der Waals surface area (Å²) in [6, 6.07) is -0.0266. The molecule has 0 radical (unpaired) electrons. The van der Waals surface area contributed by atoms with Gasteiger partial charge in [0.05, 0.1) is 67.5 Å². The molecule has 0 aromatic carbocycles. The van der Waals surface area contributed by atoms with E-state index < -0.39 is 0 Å². The summed E-state index contributed by atoms with van der Waals surface area (Å²) in [5.74, 6) is 0. The topological polar surface area (TPSA) is 82.3 Å². The number of hydrogen-bond donors (Lipinski definition) is 4. The first-order valence-electron chi connectivity index (χ1n) is 19.8. The number of carbonyl (C=O) groups is 2. The number of likely N-dealkylation sites (N-methyl/N-ethyl adjacent to an activating group) is 2. The van der Waals surface area contributed by atoms with E-state index >= 15 is 0 Å². The number of nitrogens with one attached hydrogen (secondary N) is 4. The lowest BCUT2D eigenvalue weighted by molar-refractivity contribution is -0.889. The zero-order valence-corrected chi connectivity index (χ0v) is 31.9. The van der Waals surface area contributed by atoms with E-state index in [9.17, 15) is 9.59 Å². The Morgan fingerprint density at radius 3 is 0.935 bits per heavy atom. The maximum Gasteiger partial charge on any atom is 0.314 e. The van der Waals surface area contributed by atoms with Gasteiger partial charge >= 0.3 is 12.1 Å². The van der Waals surface area contributed by atoms with E-state index in [2.05, 4.69) is 63.3 Å². The second-order valence-electron chi connectivity index (χ2n) is 15.2. The van der Waals surface area contributed by atoms with Gasteiger partial charge in [0, 0.05) is 13.1 Å². The molecule has 0 fully saturated rings. The largest absolute Gasteiger partial charge is 0.338 e. The predicted octanol–water partition coefficient (Wildman–Crippen LogP) is 8.36. The summed E-state index contributed by atoms with van der Waals surface area (Å²) in [5, 5.41) is 12.1. The standard InChI is InChI=1S/C38H80N6O2/c1-7-9-11-13-21-25-29-39-37(45)41-31-35-43(3,4)33-27-23-19-17-15-16-18-20-24-28-34-44(5,6)36-32-42-38(46)40-30-26-22-14-12-10-8-2/h7-36H2,1-6H3,(H2-2,39,40,41,42,45,46)/p+2. The number of quaternary nitrogens is 2. The first kappa shape index (κ1) is 44.5. The second kappa shape index (κ2) is 30.8. The molecule has 0 unspecified atom stereocenters. The molecular formula is C38H82N6O2+2. The van der Waals surface area contributed by atoms with Crippen LogP contribution in [0.25, 0.3) is 0 Å². The van der Waals surface area contributed by atoms with Crippen molar-refractivity contribution in [3.63, 3.8) is 0 Å². The first-order chi connectivity index (χ1) is 22.1. The molecule has 0 heterocycles. The van der Waals surface area contributed by atoms with Gasteiger partial charge in [0.25, 0.3) is 0 Å². The quantitative estimate of drug-likeness (QED) is 0.0424. The molecule has 0 aliphatic rings. The van der Waals surface area contributed by atoms with Crippen LogP contribution in [0.4, 0.5) is 9.59 Å². The van der Waals surface area contributed by atoms with E-state index in [-0.39, 0.29) is 12.1 Å². The van der Waals surface area contributed by atoms with Crippen molar-refractivity contribution in [3.8, 4) is 0 Å². The molecule has 0 bridgehead atoms. The summed E-state index contributed by atoms with van der Waals surface area (Å²) in [4.78, 5) is 24.1. The minimum absolute atomic E-state index is 0.0133. The van der Waals surface area contributed by atoms with E-state index in [4.69, 9.17) is 0 Å². The van der Waals surface area contributed by atoms with Crippen molar-refractivity contribution in [2.24, 2.45) is 0 Å². The Morgan fingerprint density at radius 1 is 0.348 bits per heavy atom. The fourth-order valence-corrected chi connectivity index (χ4v) is 6.00. The van der Waals surface area contributed by atoms with Gasteiger partial charge in [0.15, 0.2) is 0 Å². The summed E-state index contributed by atoms with van der Waals surface area (Å²) in [6.45, 7) is 11.8. The minimum Gasteiger partial charge on any atom is -0.338 e. The highest BCUT2D eigenvalue weighted by atomic mass is 16.2. The van der Waals surface area contributed by atoms with Crippen molar-refractivity contribution in [1.82, 2.24) is 21.3 Å². The van der Waals surface area contributed by atoms with Gasteiger partial charge in [-0.05, 0) is 38.5 Å². The van der Waals surface area contributed by atoms with E-state index in [1.54, 1.807) is 0 Å². The van der Waals surface area contributed by atoms with Crippen molar-refractivity contribution in [2.75, 3.05) is 80.5 Å². The Morgan fingerprint density at radius 2 is 0.609 bits per heavy atom. The van der Waals surface area contributed by atoms with Crippen molar-refractivity contribution >= 4 is 12.1 Å². The monoisotopic (exact) mass is 655 g/mol. The van der Waals surface area contributed by atoms with Gasteiger partial charge in [0.2, 0.25) is 0 Å². The number of nitrogens with zero attached hydrogens (tertiary/aromatic N) is 2. The van der Waals surface area contributed by atoms with Crippen LogP contribution in [0.1, 0.15) is 155 Å². The molecule has 46 heavy (non-hydrogen) atoms. The number of urea groups is 2. The number of unbranched alkanes of at least 4 members (excludes halogenated alkanes) is 19. The van der Waals surface area contributed by atoms with Crippen LogP contribution in [0.15, 0.2) is 0 Å². The third kappa shape index (κ3) is 32.4. The third-order valence-corrected chi connectivity index (χ3v) is 9.41. The van der Waals surface area contributed by atoms with E-state index in [1.807, 2.05) is 0 Å². The average molecular weight is 655 g/mol. The molecule has 0 atom stereocenters. The van der Waals surface area contributed by atoms with E-state index in [1.165, 1.54) is 142 Å². The van der Waals surface area contributed by atoms with Crippen LogP contribution in [0, 0.1) is 0 Å². The minimum atomic E-state index is -0.0133. The van der Waals surface area contributed by atoms with Crippen molar-refractivity contribution in [3.05, 3.63) is 0 Å². The van der Waals surface area contributed by atoms with Gasteiger partial charge in [0.1, 0.15) is 0 Å². The van der Waals surface area contributed by atoms with E-state index in [0.29, 0.717) is 0 Å². The van der Waals surface area contributed by atoms with Crippen LogP contribution >= 0.6 is 0 Å². The molecule has 0 saturated heterocycles. The third-order valence-electron chi connectivity index (χ3n) is 9.41. The molecule has 8 heteroatoms. The second-order valence-corrected chi connectivity index (χ2v) is 15.2. The number of amides is 4. The molecule has 274 valence electrons. The molecule has 4 amide bonds. The summed E-state index contributed by atoms with van der Waals surface area (Å²) < 4.78 is 1.94. The SMILES string of the molecule is CCCCCCCCNC(=O)NCC[N+](C)(C)CCCCCCCCCCCC[N+](C)(C)CCNC(=O)NCCCCCCCC. The lowest BCUT2D eigenvalue weighted by Crippen LogP contribution is -2.47. The van der Waals surface area contributed by atoms with Crippen LogP contribution in [-0.4, -0.2) is 102 Å². The number of carbonyl (C=O) groups excluding carboxylic acids is 2. The highest BCUT2D eigenvalue weighted by Crippen LogP contribution is 2.13. The maximum absolute atomic E-state index is 12.0. The molecular weight excluding hydrogens is 572 g/mol. The Balaban J connectivity index is 3.57.